The van der Waals surface area contributed by atoms with Gasteiger partial charge in [-0.05, 0) is 12.8 Å². The van der Waals surface area contributed by atoms with Crippen molar-refractivity contribution in [1.82, 2.24) is 0 Å². The van der Waals surface area contributed by atoms with Crippen LogP contribution < -0.4 is 0 Å². The van der Waals surface area contributed by atoms with Crippen molar-refractivity contribution in [3.63, 3.8) is 0 Å². The van der Waals surface area contributed by atoms with E-state index in [4.69, 9.17) is 30.1 Å². The molecule has 0 unspecified atom stereocenters. The maximum absolute atomic E-state index is 9.48. The number of rotatable bonds is 2. The van der Waals surface area contributed by atoms with Gasteiger partial charge in [0.25, 0.3) is 0 Å². The molecule has 24 heavy (non-hydrogen) atoms. The van der Waals surface area contributed by atoms with Gasteiger partial charge in [0, 0.05) is 98.7 Å². The van der Waals surface area contributed by atoms with E-state index in [1.54, 1.807) is 13.8 Å². The fraction of sp³-hybridized carbons (Fsp3) is 0.667. The SMILES string of the molecule is CCC([NH-])=O.CCC([NH-])=O.[CH2-]CC.[CH2-]CC.[Cl][Ti][Cl].[Ti+2].[Ti].[Ti].[Ti].[Ti]. The number of amides is 2. The van der Waals surface area contributed by atoms with Crippen LogP contribution in [0, 0.1) is 13.8 Å². The molecule has 4 nitrogen and oxygen atoms in total. The molecule has 0 atom stereocenters. The van der Waals surface area contributed by atoms with Crippen LogP contribution in [-0.4, -0.2) is 11.8 Å². The van der Waals surface area contributed by atoms with E-state index in [1.165, 1.54) is 0 Å². The summed E-state index contributed by atoms with van der Waals surface area (Å²) < 4.78 is 0. The van der Waals surface area contributed by atoms with E-state index in [9.17, 15) is 9.59 Å². The molecule has 0 fully saturated rings. The fourth-order valence-corrected chi connectivity index (χ4v) is 0. The molecule has 0 rings (SSSR count). The molecular weight excluding hydrogens is 562 g/mol. The second-order valence-corrected chi connectivity index (χ2v) is 5.20. The molecule has 0 saturated heterocycles. The zero-order valence-corrected chi connectivity index (χ0v) is 25.7. The van der Waals surface area contributed by atoms with Crippen LogP contribution in [0.25, 0.3) is 11.5 Å². The van der Waals surface area contributed by atoms with Crippen molar-refractivity contribution in [2.24, 2.45) is 0 Å². The first-order valence-electron chi connectivity index (χ1n) is 5.82. The maximum atomic E-state index is 9.48. The van der Waals surface area contributed by atoms with Crippen LogP contribution in [0.15, 0.2) is 0 Å². The molecule has 0 saturated carbocycles. The van der Waals surface area contributed by atoms with Gasteiger partial charge >= 0.3 is 57.4 Å². The molecule has 0 aromatic carbocycles. The van der Waals surface area contributed by atoms with E-state index in [0.717, 1.165) is 12.8 Å². The maximum Gasteiger partial charge on any atom is 2.00 e. The minimum absolute atomic E-state index is 0. The Bertz CT molecular complexity index is 158. The van der Waals surface area contributed by atoms with Gasteiger partial charge in [-0.3, -0.25) is 0 Å². The Kier molecular flexibility index (Phi) is 214. The van der Waals surface area contributed by atoms with Gasteiger partial charge < -0.3 is 34.9 Å². The van der Waals surface area contributed by atoms with Gasteiger partial charge in [-0.2, -0.15) is 12.8 Å². The number of carbonyl (C=O) groups excluding carboxylic acids is 2. The molecule has 0 radical (unpaired) electrons. The van der Waals surface area contributed by atoms with E-state index in [1.807, 2.05) is 13.8 Å². The quantitative estimate of drug-likeness (QED) is 0.303. The van der Waals surface area contributed by atoms with Crippen molar-refractivity contribution in [3.8, 4) is 0 Å². The Morgan fingerprint density at radius 1 is 0.792 bits per heavy atom. The van der Waals surface area contributed by atoms with Crippen molar-refractivity contribution in [2.45, 2.75) is 53.4 Å². The molecule has 12 heteroatoms. The predicted octanol–water partition coefficient (Wildman–Crippen LogP) is 5.78. The summed E-state index contributed by atoms with van der Waals surface area (Å²) in [6.07, 6.45) is 2.67. The van der Waals surface area contributed by atoms with Gasteiger partial charge in [0.05, 0.1) is 0 Å². The van der Waals surface area contributed by atoms with Crippen LogP contribution in [-0.2, 0) is 135 Å². The van der Waals surface area contributed by atoms with Crippen LogP contribution >= 0.6 is 18.6 Å². The van der Waals surface area contributed by atoms with Crippen LogP contribution in [0.1, 0.15) is 53.4 Å². The van der Waals surface area contributed by atoms with Gasteiger partial charge in [-0.1, -0.05) is 27.7 Å². The summed E-state index contributed by atoms with van der Waals surface area (Å²) in [4.78, 5) is 19.0. The molecule has 0 spiro atoms. The van der Waals surface area contributed by atoms with E-state index < -0.39 is 28.8 Å². The normalized spacial score (nSPS) is 5.17. The molecule has 0 aliphatic rings. The largest absolute Gasteiger partial charge is 2.00 e. The molecule has 136 valence electrons. The van der Waals surface area contributed by atoms with Crippen LogP contribution in [0.4, 0.5) is 0 Å². The summed E-state index contributed by atoms with van der Waals surface area (Å²) in [5, 5.41) is 0. The second-order valence-electron chi connectivity index (χ2n) is 2.62. The molecule has 0 aliphatic carbocycles. The standard InChI is InChI=1S/2C3H7NO.2C3H7.2ClH.6Ti/c2*1-2-3(4)5;2*1-3-2;;;;;;;;/h2*2H2,1H3,(H2,4,5);2*1,3H2,2H3;2*1H;;;;;;/q;;2*-1;;;;;;;2*+2/p-4. The average Bonchev–Trinajstić information content (AvgIpc) is 2.32. The van der Waals surface area contributed by atoms with Crippen molar-refractivity contribution in [1.29, 1.82) is 0 Å². The first-order chi connectivity index (χ1) is 8.78. The van der Waals surface area contributed by atoms with Gasteiger partial charge in [-0.25, -0.2) is 0 Å². The Morgan fingerprint density at radius 3 is 0.833 bits per heavy atom. The molecule has 0 aliphatic heterocycles. The van der Waals surface area contributed by atoms with Crippen molar-refractivity contribution in [2.75, 3.05) is 0 Å². The number of halogens is 2. The van der Waals surface area contributed by atoms with Gasteiger partial charge in [0.15, 0.2) is 0 Å². The van der Waals surface area contributed by atoms with Crippen molar-refractivity contribution >= 4 is 30.4 Å². The number of hydrogen-bond donors (Lipinski definition) is 0. The topological polar surface area (TPSA) is 81.7 Å². The van der Waals surface area contributed by atoms with Gasteiger partial charge in [-0.15, -0.1) is 0 Å². The second kappa shape index (κ2) is 81.4. The third-order valence-electron chi connectivity index (χ3n) is 0.642. The van der Waals surface area contributed by atoms with Gasteiger partial charge in [0.1, 0.15) is 0 Å². The molecule has 0 aromatic rings. The minimum atomic E-state index is -0.556. The van der Waals surface area contributed by atoms with Crippen LogP contribution in [0.2, 0.25) is 0 Å². The Hall–Kier alpha value is 3.81. The fourth-order valence-electron chi connectivity index (χ4n) is 0. The van der Waals surface area contributed by atoms with Crippen molar-refractivity contribution < 1.29 is 135 Å². The zero-order valence-electron chi connectivity index (χ0n) is 14.8. The summed E-state index contributed by atoms with van der Waals surface area (Å²) in [7, 11) is 9.78. The summed E-state index contributed by atoms with van der Waals surface area (Å²) in [6, 6.07) is 0. The average molecular weight is 588 g/mol. The van der Waals surface area contributed by atoms with E-state index in [0.29, 0.717) is 12.8 Å². The van der Waals surface area contributed by atoms with Crippen LogP contribution in [0.3, 0.4) is 0 Å². The molecule has 0 aromatic heterocycles. The molecule has 2 N–H and O–H groups in total. The summed E-state index contributed by atoms with van der Waals surface area (Å²) in [5.41, 5.74) is 12.4. The van der Waals surface area contributed by atoms with E-state index in [2.05, 4.69) is 13.8 Å². The molecule has 2 amide bonds. The molecule has 0 bridgehead atoms. The van der Waals surface area contributed by atoms with E-state index >= 15 is 0 Å². The third-order valence-corrected chi connectivity index (χ3v) is 0.642. The van der Waals surface area contributed by atoms with Crippen molar-refractivity contribution in [3.05, 3.63) is 25.3 Å². The smallest absolute Gasteiger partial charge is 0 e. The zero-order chi connectivity index (χ0) is 16.7. The monoisotopic (exact) mass is 588 g/mol. The van der Waals surface area contributed by atoms with Crippen LogP contribution in [0.5, 0.6) is 0 Å². The Morgan fingerprint density at radius 2 is 0.833 bits per heavy atom. The third kappa shape index (κ3) is 261. The Labute approximate surface area is 240 Å². The minimum Gasteiger partial charge on any atom is 0 e. The molecular formula is C12H26Cl2N2O2Ti6-2. The predicted molar refractivity (Wildman–Crippen MR) is 82.2 cm³/mol. The number of carbonyl (C=O) groups is 2. The first kappa shape index (κ1) is 63.0. The van der Waals surface area contributed by atoms with E-state index in [-0.39, 0.29) is 109 Å². The molecule has 0 heterocycles. The summed E-state index contributed by atoms with van der Waals surface area (Å²) in [5.74, 6) is -0.991. The first-order valence-corrected chi connectivity index (χ1v) is 10.1. The summed E-state index contributed by atoms with van der Waals surface area (Å²) in [6.45, 7) is 14.3. The van der Waals surface area contributed by atoms with Gasteiger partial charge in [0.2, 0.25) is 0 Å². The summed E-state index contributed by atoms with van der Waals surface area (Å²) >= 11 is -0.556. The number of hydrogen-bond acceptors (Lipinski definition) is 2. The Balaban J connectivity index is -0.0000000124. The number of nitrogens with one attached hydrogen (secondary N) is 2.